The number of hydrogen-bond donors (Lipinski definition) is 3. The van der Waals surface area contributed by atoms with Gasteiger partial charge in [0.15, 0.2) is 0 Å². The molecule has 0 spiro atoms. The number of rotatable bonds is 10. The zero-order chi connectivity index (χ0) is 22.1. The molecule has 0 saturated heterocycles. The zero-order valence-electron chi connectivity index (χ0n) is 16.7. The number of benzene rings is 2. The highest BCUT2D eigenvalue weighted by Crippen LogP contribution is 2.19. The van der Waals surface area contributed by atoms with Crippen LogP contribution >= 0.6 is 11.8 Å². The van der Waals surface area contributed by atoms with Gasteiger partial charge in [-0.2, -0.15) is 11.8 Å². The minimum atomic E-state index is -1.36. The molecule has 0 heterocycles. The molecule has 0 saturated carbocycles. The van der Waals surface area contributed by atoms with Gasteiger partial charge in [0.2, 0.25) is 5.91 Å². The smallest absolute Gasteiger partial charge is 0.255 e. The molecule has 2 amide bonds. The molecule has 2 unspecified atom stereocenters. The van der Waals surface area contributed by atoms with Gasteiger partial charge in [-0.3, -0.25) is 9.59 Å². The summed E-state index contributed by atoms with van der Waals surface area (Å²) in [7, 11) is 1.44. The summed E-state index contributed by atoms with van der Waals surface area (Å²) < 4.78 is 32.0. The lowest BCUT2D eigenvalue weighted by Gasteiger charge is -2.20. The Balaban J connectivity index is 2.04. The first-order valence-electron chi connectivity index (χ1n) is 9.21. The first-order chi connectivity index (χ1) is 14.4. The SMILES string of the molecule is COc1ccccc1C(=O)NC(CCSC)C(=O)NCC(O)c1ccc(F)cc1F. The molecule has 2 aromatic rings. The summed E-state index contributed by atoms with van der Waals surface area (Å²) in [6.07, 6.45) is 0.869. The van der Waals surface area contributed by atoms with Crippen LogP contribution in [-0.4, -0.2) is 48.6 Å². The quantitative estimate of drug-likeness (QED) is 0.531. The molecule has 0 radical (unpaired) electrons. The second kappa shape index (κ2) is 11.5. The van der Waals surface area contributed by atoms with Gasteiger partial charge in [0.1, 0.15) is 23.4 Å². The van der Waals surface area contributed by atoms with E-state index in [1.165, 1.54) is 18.9 Å². The number of methoxy groups -OCH3 is 1. The molecule has 0 aliphatic carbocycles. The Morgan fingerprint density at radius 1 is 1.20 bits per heavy atom. The van der Waals surface area contributed by atoms with Crippen molar-refractivity contribution in [2.24, 2.45) is 0 Å². The number of carbonyl (C=O) groups is 2. The summed E-state index contributed by atoms with van der Waals surface area (Å²) in [5.74, 6) is -1.67. The lowest BCUT2D eigenvalue weighted by atomic mass is 10.1. The fraction of sp³-hybridized carbons (Fsp3) is 0.333. The summed E-state index contributed by atoms with van der Waals surface area (Å²) in [6.45, 7) is -0.290. The summed E-state index contributed by atoms with van der Waals surface area (Å²) in [5, 5.41) is 15.3. The van der Waals surface area contributed by atoms with E-state index in [0.29, 0.717) is 24.0 Å². The van der Waals surface area contributed by atoms with Crippen molar-refractivity contribution < 1.29 is 28.2 Å². The van der Waals surface area contributed by atoms with Crippen molar-refractivity contribution >= 4 is 23.6 Å². The van der Waals surface area contributed by atoms with Crippen LogP contribution in [0.3, 0.4) is 0 Å². The van der Waals surface area contributed by atoms with Crippen LogP contribution < -0.4 is 15.4 Å². The summed E-state index contributed by atoms with van der Waals surface area (Å²) in [6, 6.07) is 8.58. The van der Waals surface area contributed by atoms with Gasteiger partial charge >= 0.3 is 0 Å². The Bertz CT molecular complexity index is 882. The molecule has 2 aromatic carbocycles. The molecular formula is C21H24F2N2O4S. The lowest BCUT2D eigenvalue weighted by Crippen LogP contribution is -2.48. The van der Waals surface area contributed by atoms with Crippen molar-refractivity contribution in [2.45, 2.75) is 18.6 Å². The normalized spacial score (nSPS) is 12.7. The fourth-order valence-corrected chi connectivity index (χ4v) is 3.25. The van der Waals surface area contributed by atoms with E-state index in [4.69, 9.17) is 4.74 Å². The minimum absolute atomic E-state index is 0.129. The predicted molar refractivity (Wildman–Crippen MR) is 112 cm³/mol. The van der Waals surface area contributed by atoms with Gasteiger partial charge in [-0.05, 0) is 36.6 Å². The van der Waals surface area contributed by atoms with Crippen LogP contribution in [0.1, 0.15) is 28.4 Å². The molecule has 3 N–H and O–H groups in total. The van der Waals surface area contributed by atoms with Gasteiger partial charge in [0.05, 0.1) is 18.8 Å². The first-order valence-corrected chi connectivity index (χ1v) is 10.6. The summed E-state index contributed by atoms with van der Waals surface area (Å²) in [5.41, 5.74) is 0.158. The molecule has 0 bridgehead atoms. The van der Waals surface area contributed by atoms with Crippen LogP contribution in [0.25, 0.3) is 0 Å². The van der Waals surface area contributed by atoms with Gasteiger partial charge in [-0.1, -0.05) is 18.2 Å². The third-order valence-electron chi connectivity index (χ3n) is 4.38. The fourth-order valence-electron chi connectivity index (χ4n) is 2.77. The average molecular weight is 438 g/mol. The molecule has 2 atom stereocenters. The minimum Gasteiger partial charge on any atom is -0.496 e. The molecular weight excluding hydrogens is 414 g/mol. The Labute approximate surface area is 178 Å². The number of hydrogen-bond acceptors (Lipinski definition) is 5. The number of para-hydroxylation sites is 1. The maximum atomic E-state index is 13.8. The number of aliphatic hydroxyl groups excluding tert-OH is 1. The van der Waals surface area contributed by atoms with Crippen LogP contribution in [0.2, 0.25) is 0 Å². The summed E-state index contributed by atoms with van der Waals surface area (Å²) in [4.78, 5) is 25.2. The molecule has 30 heavy (non-hydrogen) atoms. The van der Waals surface area contributed by atoms with E-state index in [1.54, 1.807) is 24.3 Å². The number of ether oxygens (including phenoxy) is 1. The highest BCUT2D eigenvalue weighted by molar-refractivity contribution is 7.98. The Morgan fingerprint density at radius 2 is 1.93 bits per heavy atom. The van der Waals surface area contributed by atoms with E-state index in [2.05, 4.69) is 10.6 Å². The molecule has 162 valence electrons. The number of amides is 2. The number of halogens is 2. The molecule has 0 aliphatic heterocycles. The number of carbonyl (C=O) groups excluding carboxylic acids is 2. The Morgan fingerprint density at radius 3 is 2.60 bits per heavy atom. The third kappa shape index (κ3) is 6.43. The highest BCUT2D eigenvalue weighted by Gasteiger charge is 2.24. The molecule has 6 nitrogen and oxygen atoms in total. The highest BCUT2D eigenvalue weighted by atomic mass is 32.2. The first kappa shape index (κ1) is 23.6. The second-order valence-electron chi connectivity index (χ2n) is 6.43. The van der Waals surface area contributed by atoms with Gasteiger partial charge < -0.3 is 20.5 Å². The van der Waals surface area contributed by atoms with Gasteiger partial charge in [-0.15, -0.1) is 0 Å². The summed E-state index contributed by atoms with van der Waals surface area (Å²) >= 11 is 1.51. The van der Waals surface area contributed by atoms with E-state index in [1.807, 2.05) is 6.26 Å². The van der Waals surface area contributed by atoms with Crippen LogP contribution in [0, 0.1) is 11.6 Å². The van der Waals surface area contributed by atoms with Crippen molar-refractivity contribution in [1.29, 1.82) is 0 Å². The maximum Gasteiger partial charge on any atom is 0.255 e. The second-order valence-corrected chi connectivity index (χ2v) is 7.42. The molecule has 0 aromatic heterocycles. The molecule has 9 heteroatoms. The largest absolute Gasteiger partial charge is 0.496 e. The maximum absolute atomic E-state index is 13.8. The van der Waals surface area contributed by atoms with E-state index in [0.717, 1.165) is 12.1 Å². The lowest BCUT2D eigenvalue weighted by molar-refractivity contribution is -0.123. The van der Waals surface area contributed by atoms with Crippen molar-refractivity contribution in [3.63, 3.8) is 0 Å². The Hall–Kier alpha value is -2.65. The number of nitrogens with one attached hydrogen (secondary N) is 2. The van der Waals surface area contributed by atoms with Crippen LogP contribution in [0.4, 0.5) is 8.78 Å². The predicted octanol–water partition coefficient (Wildman–Crippen LogP) is 2.67. The average Bonchev–Trinajstić information content (AvgIpc) is 2.74. The van der Waals surface area contributed by atoms with E-state index >= 15 is 0 Å². The van der Waals surface area contributed by atoms with Crippen LogP contribution in [0.5, 0.6) is 5.75 Å². The van der Waals surface area contributed by atoms with Crippen LogP contribution in [0.15, 0.2) is 42.5 Å². The monoisotopic (exact) mass is 438 g/mol. The van der Waals surface area contributed by atoms with Crippen molar-refractivity contribution in [3.8, 4) is 5.75 Å². The van der Waals surface area contributed by atoms with Crippen molar-refractivity contribution in [1.82, 2.24) is 10.6 Å². The van der Waals surface area contributed by atoms with E-state index in [-0.39, 0.29) is 17.7 Å². The van der Waals surface area contributed by atoms with Crippen LogP contribution in [-0.2, 0) is 4.79 Å². The van der Waals surface area contributed by atoms with Crippen molar-refractivity contribution in [3.05, 3.63) is 65.2 Å². The number of thioether (sulfide) groups is 1. The number of aliphatic hydroxyl groups is 1. The Kier molecular flexibility index (Phi) is 9.07. The van der Waals surface area contributed by atoms with E-state index < -0.39 is 35.6 Å². The third-order valence-corrected chi connectivity index (χ3v) is 5.02. The topological polar surface area (TPSA) is 87.7 Å². The van der Waals surface area contributed by atoms with Gasteiger partial charge in [-0.25, -0.2) is 8.78 Å². The standard InChI is InChI=1S/C21H24F2N2O4S/c1-29-19-6-4-3-5-15(19)20(27)25-17(9-10-30-2)21(28)24-12-18(26)14-8-7-13(22)11-16(14)23/h3-8,11,17-18,26H,9-10,12H2,1-2H3,(H,24,28)(H,25,27). The van der Waals surface area contributed by atoms with E-state index in [9.17, 15) is 23.5 Å². The van der Waals surface area contributed by atoms with Gasteiger partial charge in [0.25, 0.3) is 5.91 Å². The molecule has 2 rings (SSSR count). The van der Waals surface area contributed by atoms with Gasteiger partial charge in [0, 0.05) is 18.2 Å². The van der Waals surface area contributed by atoms with Crippen molar-refractivity contribution in [2.75, 3.05) is 25.7 Å². The molecule has 0 aliphatic rings. The zero-order valence-corrected chi connectivity index (χ0v) is 17.5. The molecule has 0 fully saturated rings.